The van der Waals surface area contributed by atoms with Crippen LogP contribution in [-0.4, -0.2) is 40.2 Å². The van der Waals surface area contributed by atoms with Crippen LogP contribution in [0, 0.1) is 3.57 Å². The number of carbonyl (C=O) groups is 1. The molecule has 0 aliphatic rings. The summed E-state index contributed by atoms with van der Waals surface area (Å²) in [7, 11) is 1.58. The molecule has 186 valence electrons. The zero-order chi connectivity index (χ0) is 26.1. The van der Waals surface area contributed by atoms with Gasteiger partial charge in [0.05, 0.1) is 33.2 Å². The number of rotatable bonds is 7. The van der Waals surface area contributed by atoms with Crippen molar-refractivity contribution in [3.05, 3.63) is 86.2 Å². The molecule has 2 aromatic heterocycles. The highest BCUT2D eigenvalue weighted by atomic mass is 127. The van der Waals surface area contributed by atoms with Crippen molar-refractivity contribution >= 4 is 56.6 Å². The smallest absolute Gasteiger partial charge is 0.344 e. The Hall–Kier alpha value is -4.19. The van der Waals surface area contributed by atoms with Gasteiger partial charge in [0.25, 0.3) is 5.56 Å². The maximum absolute atomic E-state index is 13.5. The first-order valence-electron chi connectivity index (χ1n) is 11.2. The van der Waals surface area contributed by atoms with Crippen molar-refractivity contribution < 1.29 is 23.8 Å². The zero-order valence-corrected chi connectivity index (χ0v) is 21.9. The van der Waals surface area contributed by atoms with Gasteiger partial charge >= 0.3 is 5.97 Å². The summed E-state index contributed by atoms with van der Waals surface area (Å²) >= 11 is 2.06. The minimum atomic E-state index is -1.06. The molecular formula is C27H20IN3O6. The van der Waals surface area contributed by atoms with Crippen molar-refractivity contribution in [3.63, 3.8) is 0 Å². The molecule has 0 unspecified atom stereocenters. The van der Waals surface area contributed by atoms with Crippen molar-refractivity contribution in [3.8, 4) is 23.1 Å². The average Bonchev–Trinajstić information content (AvgIpc) is 3.34. The summed E-state index contributed by atoms with van der Waals surface area (Å²) in [5.41, 5.74) is 1.43. The number of benzene rings is 3. The van der Waals surface area contributed by atoms with E-state index in [1.165, 1.54) is 17.8 Å². The van der Waals surface area contributed by atoms with Crippen molar-refractivity contribution in [2.75, 3.05) is 7.11 Å². The molecular weight excluding hydrogens is 589 g/mol. The van der Waals surface area contributed by atoms with Gasteiger partial charge in [0.15, 0.2) is 11.9 Å². The molecule has 1 N–H and O–H groups in total. The number of aliphatic carboxylic acids is 1. The highest BCUT2D eigenvalue weighted by molar-refractivity contribution is 14.1. The molecule has 0 fully saturated rings. The van der Waals surface area contributed by atoms with Gasteiger partial charge in [0, 0.05) is 0 Å². The highest BCUT2D eigenvalue weighted by Gasteiger charge is 2.18. The van der Waals surface area contributed by atoms with Crippen LogP contribution in [0.5, 0.6) is 11.5 Å². The van der Waals surface area contributed by atoms with Crippen LogP contribution in [0.25, 0.3) is 33.5 Å². The Bertz CT molecular complexity index is 1740. The number of nitrogens with zero attached hydrogens (tertiary/aromatic N) is 3. The van der Waals surface area contributed by atoms with Crippen molar-refractivity contribution in [2.45, 2.75) is 13.0 Å². The first kappa shape index (κ1) is 24.5. The Morgan fingerprint density at radius 1 is 1.11 bits per heavy atom. The van der Waals surface area contributed by atoms with E-state index in [2.05, 4.69) is 32.7 Å². The summed E-state index contributed by atoms with van der Waals surface area (Å²) < 4.78 is 18.9. The second-order valence-electron chi connectivity index (χ2n) is 8.08. The largest absolute Gasteiger partial charge is 0.496 e. The van der Waals surface area contributed by atoms with E-state index in [0.29, 0.717) is 42.9 Å². The van der Waals surface area contributed by atoms with E-state index in [-0.39, 0.29) is 11.4 Å². The summed E-state index contributed by atoms with van der Waals surface area (Å²) in [4.78, 5) is 29.2. The lowest BCUT2D eigenvalue weighted by Crippen LogP contribution is -2.23. The molecule has 1 atom stereocenters. The summed E-state index contributed by atoms with van der Waals surface area (Å²) in [6, 6.07) is 19.4. The lowest BCUT2D eigenvalue weighted by atomic mass is 10.2. The molecule has 0 amide bonds. The summed E-state index contributed by atoms with van der Waals surface area (Å²) in [6.45, 7) is 1.46. The van der Waals surface area contributed by atoms with Gasteiger partial charge in [-0.05, 0) is 83.6 Å². The molecule has 10 heteroatoms. The fourth-order valence-corrected chi connectivity index (χ4v) is 4.44. The number of fused-ring (bicyclic) bond motifs is 2. The molecule has 5 rings (SSSR count). The van der Waals surface area contributed by atoms with Crippen molar-refractivity contribution in [1.82, 2.24) is 9.66 Å². The van der Waals surface area contributed by atoms with Crippen LogP contribution in [0.4, 0.5) is 0 Å². The number of para-hydroxylation sites is 1. The Morgan fingerprint density at radius 2 is 1.92 bits per heavy atom. The first-order chi connectivity index (χ1) is 17.9. The van der Waals surface area contributed by atoms with Gasteiger partial charge in [0.2, 0.25) is 5.82 Å². The normalized spacial score (nSPS) is 12.3. The van der Waals surface area contributed by atoms with E-state index in [4.69, 9.17) is 19.0 Å². The Labute approximate surface area is 224 Å². The fraction of sp³-hybridized carbons (Fsp3) is 0.111. The summed E-state index contributed by atoms with van der Waals surface area (Å²) in [6.07, 6.45) is 0.539. The molecule has 0 aliphatic heterocycles. The summed E-state index contributed by atoms with van der Waals surface area (Å²) in [5.74, 6) is 0.623. The van der Waals surface area contributed by atoms with Crippen LogP contribution < -0.4 is 15.0 Å². The Balaban J connectivity index is 1.60. The second kappa shape index (κ2) is 10.1. The minimum absolute atomic E-state index is 0.239. The number of halogens is 1. The Morgan fingerprint density at radius 3 is 2.68 bits per heavy atom. The number of methoxy groups -OCH3 is 1. The summed E-state index contributed by atoms with van der Waals surface area (Å²) in [5, 5.41) is 14.7. The zero-order valence-electron chi connectivity index (χ0n) is 19.7. The molecule has 0 aliphatic carbocycles. The number of furan rings is 1. The molecule has 5 aromatic rings. The fourth-order valence-electron chi connectivity index (χ4n) is 3.77. The Kier molecular flexibility index (Phi) is 6.66. The topological polar surface area (TPSA) is 116 Å². The molecule has 37 heavy (non-hydrogen) atoms. The van der Waals surface area contributed by atoms with Gasteiger partial charge in [-0.2, -0.15) is 9.78 Å². The molecule has 0 saturated heterocycles. The van der Waals surface area contributed by atoms with Crippen molar-refractivity contribution in [1.29, 1.82) is 0 Å². The number of hydrogen-bond acceptors (Lipinski definition) is 7. The molecule has 0 radical (unpaired) electrons. The van der Waals surface area contributed by atoms with Crippen LogP contribution in [0.3, 0.4) is 0 Å². The number of carboxylic acid groups (broad SMARTS) is 1. The van der Waals surface area contributed by atoms with Crippen molar-refractivity contribution in [2.24, 2.45) is 5.10 Å². The van der Waals surface area contributed by atoms with E-state index in [1.54, 1.807) is 49.6 Å². The number of hydrogen-bond donors (Lipinski definition) is 1. The maximum Gasteiger partial charge on any atom is 0.344 e. The maximum atomic E-state index is 13.5. The van der Waals surface area contributed by atoms with Gasteiger partial charge in [-0.25, -0.2) is 9.78 Å². The lowest BCUT2D eigenvalue weighted by Gasteiger charge is -2.12. The number of aromatic nitrogens is 2. The lowest BCUT2D eigenvalue weighted by molar-refractivity contribution is -0.144. The van der Waals surface area contributed by atoms with Gasteiger partial charge in [-0.15, -0.1) is 0 Å². The molecule has 3 aromatic carbocycles. The minimum Gasteiger partial charge on any atom is -0.496 e. The van der Waals surface area contributed by atoms with Gasteiger partial charge in [0.1, 0.15) is 17.1 Å². The van der Waals surface area contributed by atoms with Crippen LogP contribution in [0.15, 0.2) is 81.0 Å². The molecule has 9 nitrogen and oxygen atoms in total. The van der Waals surface area contributed by atoms with E-state index in [0.717, 1.165) is 5.39 Å². The number of carboxylic acids is 1. The third-order valence-corrected chi connectivity index (χ3v) is 6.49. The second-order valence-corrected chi connectivity index (χ2v) is 9.25. The van der Waals surface area contributed by atoms with Gasteiger partial charge in [-0.3, -0.25) is 4.79 Å². The van der Waals surface area contributed by atoms with E-state index < -0.39 is 12.1 Å². The third kappa shape index (κ3) is 4.79. The molecule has 0 spiro atoms. The monoisotopic (exact) mass is 609 g/mol. The number of ether oxygens (including phenoxy) is 2. The molecule has 2 heterocycles. The van der Waals surface area contributed by atoms with E-state index in [1.807, 2.05) is 24.3 Å². The first-order valence-corrected chi connectivity index (χ1v) is 12.3. The SMILES string of the molecule is COc1cccc2oc(-c3nc4ccccc4c(=O)n3N=Cc3ccc(O[C@@H](C)C(=O)O)c(I)c3)cc12. The highest BCUT2D eigenvalue weighted by Crippen LogP contribution is 2.33. The van der Waals surface area contributed by atoms with E-state index in [9.17, 15) is 9.59 Å². The van der Waals surface area contributed by atoms with Gasteiger partial charge < -0.3 is 19.0 Å². The molecule has 0 saturated carbocycles. The third-order valence-electron chi connectivity index (χ3n) is 5.65. The van der Waals surface area contributed by atoms with Crippen LogP contribution >= 0.6 is 22.6 Å². The molecule has 0 bridgehead atoms. The predicted molar refractivity (Wildman–Crippen MR) is 148 cm³/mol. The van der Waals surface area contributed by atoms with Crippen LogP contribution in [0.2, 0.25) is 0 Å². The van der Waals surface area contributed by atoms with Gasteiger partial charge in [-0.1, -0.05) is 18.2 Å². The van der Waals surface area contributed by atoms with E-state index >= 15 is 0 Å². The average molecular weight is 609 g/mol. The predicted octanol–water partition coefficient (Wildman–Crippen LogP) is 5.16. The quantitative estimate of drug-likeness (QED) is 0.200. The van der Waals surface area contributed by atoms with Crippen LogP contribution in [0.1, 0.15) is 12.5 Å². The van der Waals surface area contributed by atoms with Crippen LogP contribution in [-0.2, 0) is 4.79 Å². The standard InChI is InChI=1S/C27H20IN3O6/c1-15(27(33)34)36-23-11-10-16(12-19(23)28)14-29-31-25(30-20-7-4-3-6-17(20)26(31)32)24-13-18-21(35-2)8-5-9-22(18)37-24/h3-15H,1-2H3,(H,33,34)/t15-/m0/s1.